The Kier molecular flexibility index (Phi) is 4.69. The highest BCUT2D eigenvalue weighted by molar-refractivity contribution is 9.12. The van der Waals surface area contributed by atoms with Crippen molar-refractivity contribution in [3.05, 3.63) is 87.8 Å². The van der Waals surface area contributed by atoms with Crippen molar-refractivity contribution in [3.63, 3.8) is 0 Å². The van der Waals surface area contributed by atoms with Crippen LogP contribution in [-0.4, -0.2) is 16.4 Å². The minimum Gasteiger partial charge on any atom is -0.340 e. The highest BCUT2D eigenvalue weighted by Gasteiger charge is 2.25. The molecule has 0 saturated carbocycles. The molecule has 0 unspecified atom stereocenters. The summed E-state index contributed by atoms with van der Waals surface area (Å²) < 4.78 is 0.979. The van der Waals surface area contributed by atoms with Gasteiger partial charge in [0.15, 0.2) is 0 Å². The molecular formula is C19H16BrClN2. The number of nitrogens with zero attached hydrogens (tertiary/aromatic N) is 2. The summed E-state index contributed by atoms with van der Waals surface area (Å²) in [5, 5.41) is 0.633. The van der Waals surface area contributed by atoms with Crippen LogP contribution in [0.5, 0.6) is 0 Å². The second-order valence-electron chi connectivity index (χ2n) is 5.17. The molecule has 4 heteroatoms. The van der Waals surface area contributed by atoms with Gasteiger partial charge in [-0.25, -0.2) is 0 Å². The average Bonchev–Trinajstić information content (AvgIpc) is 2.58. The molecule has 2 aromatic rings. The molecular weight excluding hydrogens is 372 g/mol. The minimum atomic E-state index is 0.633. The van der Waals surface area contributed by atoms with Crippen LogP contribution in [0.1, 0.15) is 18.1 Å². The van der Waals surface area contributed by atoms with Gasteiger partial charge < -0.3 is 4.90 Å². The van der Waals surface area contributed by atoms with Gasteiger partial charge >= 0.3 is 0 Å². The van der Waals surface area contributed by atoms with Gasteiger partial charge in [0, 0.05) is 40.3 Å². The molecule has 0 bridgehead atoms. The number of allylic oxidation sites excluding steroid dienone is 3. The fourth-order valence-electron chi connectivity index (χ4n) is 2.73. The lowest BCUT2D eigenvalue weighted by molar-refractivity contribution is 0.530. The van der Waals surface area contributed by atoms with Gasteiger partial charge in [-0.15, -0.1) is 0 Å². The van der Waals surface area contributed by atoms with Gasteiger partial charge in [0.05, 0.1) is 10.7 Å². The van der Waals surface area contributed by atoms with Crippen molar-refractivity contribution < 1.29 is 0 Å². The topological polar surface area (TPSA) is 16.1 Å². The molecule has 0 amide bonds. The Labute approximate surface area is 149 Å². The molecule has 1 aliphatic rings. The lowest BCUT2D eigenvalue weighted by Crippen LogP contribution is -2.24. The van der Waals surface area contributed by atoms with Gasteiger partial charge in [0.1, 0.15) is 0 Å². The van der Waals surface area contributed by atoms with Crippen LogP contribution in [0.2, 0.25) is 5.02 Å². The zero-order chi connectivity index (χ0) is 16.4. The maximum Gasteiger partial charge on any atom is 0.0682 e. The first kappa shape index (κ1) is 16.0. The van der Waals surface area contributed by atoms with Crippen LogP contribution in [0.4, 0.5) is 0 Å². The van der Waals surface area contributed by atoms with Crippen molar-refractivity contribution in [2.75, 3.05) is 6.54 Å². The lowest BCUT2D eigenvalue weighted by Gasteiger charge is -2.34. The van der Waals surface area contributed by atoms with Crippen LogP contribution in [0.3, 0.4) is 0 Å². The number of aromatic nitrogens is 1. The van der Waals surface area contributed by atoms with E-state index in [2.05, 4.69) is 57.5 Å². The Morgan fingerprint density at radius 3 is 2.61 bits per heavy atom. The predicted molar refractivity (Wildman–Crippen MR) is 101 cm³/mol. The van der Waals surface area contributed by atoms with E-state index in [-0.39, 0.29) is 0 Å². The smallest absolute Gasteiger partial charge is 0.0682 e. The van der Waals surface area contributed by atoms with Gasteiger partial charge in [0.25, 0.3) is 0 Å². The molecule has 2 heterocycles. The van der Waals surface area contributed by atoms with E-state index in [0.717, 1.165) is 39.1 Å². The molecule has 1 aromatic heterocycles. The van der Waals surface area contributed by atoms with E-state index in [4.69, 9.17) is 11.6 Å². The van der Waals surface area contributed by atoms with Crippen molar-refractivity contribution in [2.24, 2.45) is 0 Å². The average molecular weight is 388 g/mol. The van der Waals surface area contributed by atoms with Gasteiger partial charge in [-0.1, -0.05) is 48.5 Å². The summed E-state index contributed by atoms with van der Waals surface area (Å²) in [6.45, 7) is 7.10. The maximum absolute atomic E-state index is 6.43. The molecule has 0 fully saturated rings. The number of hydrogen-bond acceptors (Lipinski definition) is 2. The molecule has 0 saturated heterocycles. The first-order valence-corrected chi connectivity index (χ1v) is 8.54. The van der Waals surface area contributed by atoms with Crippen molar-refractivity contribution in [1.29, 1.82) is 0 Å². The zero-order valence-corrected chi connectivity index (χ0v) is 15.1. The van der Waals surface area contributed by atoms with Crippen molar-refractivity contribution in [3.8, 4) is 0 Å². The van der Waals surface area contributed by atoms with Gasteiger partial charge in [-0.3, -0.25) is 4.98 Å². The van der Waals surface area contributed by atoms with E-state index >= 15 is 0 Å². The predicted octanol–water partition coefficient (Wildman–Crippen LogP) is 5.73. The van der Waals surface area contributed by atoms with Crippen molar-refractivity contribution in [2.45, 2.75) is 6.92 Å². The molecule has 0 spiro atoms. The Morgan fingerprint density at radius 2 is 1.96 bits per heavy atom. The SMILES string of the molecule is C=C1C(Br)=CC(c2ccccc2)=C(c2ccncc2Cl)N1CC. The van der Waals surface area contributed by atoms with Crippen LogP contribution >= 0.6 is 27.5 Å². The number of benzene rings is 1. The largest absolute Gasteiger partial charge is 0.340 e. The molecule has 0 radical (unpaired) electrons. The summed E-state index contributed by atoms with van der Waals surface area (Å²) >= 11 is 10.1. The van der Waals surface area contributed by atoms with E-state index in [1.54, 1.807) is 12.4 Å². The van der Waals surface area contributed by atoms with Crippen LogP contribution in [-0.2, 0) is 0 Å². The molecule has 2 nitrogen and oxygen atoms in total. The normalized spacial score (nSPS) is 15.0. The molecule has 0 atom stereocenters. The molecule has 1 aliphatic heterocycles. The summed E-state index contributed by atoms with van der Waals surface area (Å²) in [4.78, 5) is 6.28. The standard InChI is InChI=1S/C19H16BrClN2/c1-3-23-13(2)17(20)11-16(14-7-5-4-6-8-14)19(23)15-9-10-22-12-18(15)21/h4-12H,2-3H2,1H3. The van der Waals surface area contributed by atoms with Crippen LogP contribution in [0.15, 0.2) is 71.6 Å². The Bertz CT molecular complexity index is 809. The number of hydrogen-bond donors (Lipinski definition) is 0. The van der Waals surface area contributed by atoms with E-state index in [9.17, 15) is 0 Å². The summed E-state index contributed by atoms with van der Waals surface area (Å²) in [6.07, 6.45) is 5.55. The minimum absolute atomic E-state index is 0.633. The highest BCUT2D eigenvalue weighted by atomic mass is 79.9. The first-order chi connectivity index (χ1) is 11.1. The second kappa shape index (κ2) is 6.73. The first-order valence-electron chi connectivity index (χ1n) is 7.37. The molecule has 0 aliphatic carbocycles. The Hall–Kier alpha value is -1.84. The third-order valence-electron chi connectivity index (χ3n) is 3.83. The summed E-state index contributed by atoms with van der Waals surface area (Å²) in [7, 11) is 0. The van der Waals surface area contributed by atoms with E-state index in [0.29, 0.717) is 5.02 Å². The Morgan fingerprint density at radius 1 is 1.22 bits per heavy atom. The number of likely N-dealkylation sites (N-methyl/N-ethyl adjacent to an activating group) is 1. The number of rotatable bonds is 3. The lowest BCUT2D eigenvalue weighted by atomic mass is 9.95. The third-order valence-corrected chi connectivity index (χ3v) is 4.81. The quantitative estimate of drug-likeness (QED) is 0.668. The second-order valence-corrected chi connectivity index (χ2v) is 6.43. The van der Waals surface area contributed by atoms with Gasteiger partial charge in [-0.2, -0.15) is 0 Å². The van der Waals surface area contributed by atoms with Gasteiger partial charge in [0.2, 0.25) is 0 Å². The van der Waals surface area contributed by atoms with E-state index < -0.39 is 0 Å². The fourth-order valence-corrected chi connectivity index (χ4v) is 3.38. The van der Waals surface area contributed by atoms with Crippen LogP contribution < -0.4 is 0 Å². The van der Waals surface area contributed by atoms with E-state index in [1.807, 2.05) is 24.3 Å². The fraction of sp³-hybridized carbons (Fsp3) is 0.105. The van der Waals surface area contributed by atoms with Crippen LogP contribution in [0.25, 0.3) is 11.3 Å². The molecule has 3 rings (SSSR count). The van der Waals surface area contributed by atoms with Crippen molar-refractivity contribution in [1.82, 2.24) is 9.88 Å². The summed E-state index contributed by atoms with van der Waals surface area (Å²) in [5.41, 5.74) is 5.19. The van der Waals surface area contributed by atoms with Crippen LogP contribution in [0, 0.1) is 0 Å². The molecule has 0 N–H and O–H groups in total. The molecule has 116 valence electrons. The summed E-state index contributed by atoms with van der Waals surface area (Å²) in [5.74, 6) is 0. The van der Waals surface area contributed by atoms with Crippen molar-refractivity contribution >= 4 is 38.8 Å². The Balaban J connectivity index is 2.32. The summed E-state index contributed by atoms with van der Waals surface area (Å²) in [6, 6.07) is 12.2. The van der Waals surface area contributed by atoms with Gasteiger partial charge in [-0.05, 0) is 40.6 Å². The molecule has 1 aromatic carbocycles. The number of halogens is 2. The molecule has 23 heavy (non-hydrogen) atoms. The zero-order valence-electron chi connectivity index (χ0n) is 12.8. The number of pyridine rings is 1. The third kappa shape index (κ3) is 2.99. The van der Waals surface area contributed by atoms with E-state index in [1.165, 1.54) is 0 Å². The highest BCUT2D eigenvalue weighted by Crippen LogP contribution is 2.42. The monoisotopic (exact) mass is 386 g/mol. The maximum atomic E-state index is 6.43.